The van der Waals surface area contributed by atoms with Crippen molar-refractivity contribution in [2.24, 2.45) is 0 Å². The highest BCUT2D eigenvalue weighted by Crippen LogP contribution is 2.30. The number of halogens is 2. The monoisotopic (exact) mass is 293 g/mol. The van der Waals surface area contributed by atoms with Gasteiger partial charge in [-0.2, -0.15) is 0 Å². The van der Waals surface area contributed by atoms with Gasteiger partial charge >= 0.3 is 0 Å². The molecule has 0 spiro atoms. The van der Waals surface area contributed by atoms with E-state index in [0.717, 1.165) is 36.8 Å². The van der Waals surface area contributed by atoms with Gasteiger partial charge in [-0.05, 0) is 36.5 Å². The Kier molecular flexibility index (Phi) is 3.81. The van der Waals surface area contributed by atoms with Crippen molar-refractivity contribution in [3.63, 3.8) is 0 Å². The van der Waals surface area contributed by atoms with E-state index in [9.17, 15) is 9.50 Å². The van der Waals surface area contributed by atoms with Crippen LogP contribution >= 0.6 is 11.6 Å². The molecule has 1 aromatic heterocycles. The maximum absolute atomic E-state index is 13.4. The van der Waals surface area contributed by atoms with Gasteiger partial charge in [0, 0.05) is 24.5 Å². The molecule has 4 heteroatoms. The van der Waals surface area contributed by atoms with Crippen LogP contribution in [0.1, 0.15) is 42.1 Å². The second-order valence-electron chi connectivity index (χ2n) is 5.39. The Labute approximate surface area is 122 Å². The molecule has 0 aliphatic heterocycles. The second-order valence-corrected chi connectivity index (χ2v) is 5.76. The van der Waals surface area contributed by atoms with Gasteiger partial charge in [0.05, 0.1) is 11.1 Å². The summed E-state index contributed by atoms with van der Waals surface area (Å²) in [6.07, 6.45) is 7.61. The first-order valence-corrected chi connectivity index (χ1v) is 7.32. The largest absolute Gasteiger partial charge is 0.388 e. The number of aliphatic hydroxyl groups is 1. The van der Waals surface area contributed by atoms with Gasteiger partial charge in [-0.1, -0.05) is 30.2 Å². The zero-order chi connectivity index (χ0) is 14.1. The number of hydrogen-bond acceptors (Lipinski definition) is 1. The third-order valence-electron chi connectivity index (χ3n) is 3.91. The molecule has 0 bridgehead atoms. The predicted molar refractivity (Wildman–Crippen MR) is 77.5 cm³/mol. The molecule has 0 radical (unpaired) electrons. The summed E-state index contributed by atoms with van der Waals surface area (Å²) in [7, 11) is 0. The lowest BCUT2D eigenvalue weighted by atomic mass is 10.1. The van der Waals surface area contributed by atoms with Crippen molar-refractivity contribution in [3.05, 3.63) is 58.1 Å². The van der Waals surface area contributed by atoms with Crippen LogP contribution in [0.2, 0.25) is 5.02 Å². The number of aliphatic hydroxyl groups excluding tert-OH is 1. The fourth-order valence-corrected chi connectivity index (χ4v) is 3.04. The van der Waals surface area contributed by atoms with E-state index in [1.54, 1.807) is 6.07 Å². The average Bonchev–Trinajstić information content (AvgIpc) is 2.75. The molecule has 106 valence electrons. The fraction of sp³-hybridized carbons (Fsp3) is 0.375. The average molecular weight is 294 g/mol. The van der Waals surface area contributed by atoms with Crippen LogP contribution in [0.4, 0.5) is 4.39 Å². The highest BCUT2D eigenvalue weighted by Gasteiger charge is 2.18. The fourth-order valence-electron chi connectivity index (χ4n) is 2.85. The molecule has 0 saturated carbocycles. The lowest BCUT2D eigenvalue weighted by molar-refractivity contribution is 0.166. The molecular formula is C16H17ClFNO. The van der Waals surface area contributed by atoms with Crippen molar-refractivity contribution in [2.75, 3.05) is 0 Å². The number of benzene rings is 1. The third-order valence-corrected chi connectivity index (χ3v) is 4.34. The van der Waals surface area contributed by atoms with E-state index in [0.29, 0.717) is 6.54 Å². The Morgan fingerprint density at radius 1 is 1.30 bits per heavy atom. The summed E-state index contributed by atoms with van der Waals surface area (Å²) >= 11 is 5.99. The minimum absolute atomic E-state index is 0.178. The van der Waals surface area contributed by atoms with Gasteiger partial charge in [-0.15, -0.1) is 0 Å². The summed E-state index contributed by atoms with van der Waals surface area (Å²) in [5.41, 5.74) is 2.96. The first-order valence-electron chi connectivity index (χ1n) is 6.94. The number of aromatic nitrogens is 1. The summed E-state index contributed by atoms with van der Waals surface area (Å²) in [5, 5.41) is 10.3. The van der Waals surface area contributed by atoms with E-state index >= 15 is 0 Å². The van der Waals surface area contributed by atoms with Crippen molar-refractivity contribution in [1.82, 2.24) is 4.57 Å². The van der Waals surface area contributed by atoms with Crippen LogP contribution in [0.5, 0.6) is 0 Å². The summed E-state index contributed by atoms with van der Waals surface area (Å²) in [4.78, 5) is 0. The predicted octanol–water partition coefficient (Wildman–Crippen LogP) is 4.09. The topological polar surface area (TPSA) is 25.2 Å². The first-order chi connectivity index (χ1) is 9.65. The molecule has 1 aliphatic carbocycles. The molecule has 20 heavy (non-hydrogen) atoms. The lowest BCUT2D eigenvalue weighted by Crippen LogP contribution is -1.99. The van der Waals surface area contributed by atoms with E-state index in [1.807, 2.05) is 23.0 Å². The normalized spacial score (nSPS) is 18.6. The van der Waals surface area contributed by atoms with Crippen molar-refractivity contribution in [3.8, 4) is 0 Å². The molecule has 1 N–H and O–H groups in total. The Morgan fingerprint density at radius 2 is 2.15 bits per heavy atom. The quantitative estimate of drug-likeness (QED) is 0.829. The van der Waals surface area contributed by atoms with Crippen LogP contribution in [0.3, 0.4) is 0 Å². The van der Waals surface area contributed by atoms with Gasteiger partial charge in [0.25, 0.3) is 0 Å². The van der Waals surface area contributed by atoms with E-state index in [-0.39, 0.29) is 11.1 Å². The number of aryl methyl sites for hydroxylation is 1. The summed E-state index contributed by atoms with van der Waals surface area (Å²) in [6, 6.07) is 4.85. The molecule has 2 aromatic rings. The maximum atomic E-state index is 13.4. The molecule has 0 fully saturated rings. The summed E-state index contributed by atoms with van der Waals surface area (Å²) < 4.78 is 15.4. The van der Waals surface area contributed by atoms with E-state index in [2.05, 4.69) is 0 Å². The van der Waals surface area contributed by atoms with Crippen LogP contribution < -0.4 is 0 Å². The minimum atomic E-state index is -0.391. The smallest absolute Gasteiger partial charge is 0.142 e. The van der Waals surface area contributed by atoms with Crippen molar-refractivity contribution >= 4 is 11.6 Å². The molecule has 3 rings (SSSR count). The van der Waals surface area contributed by atoms with Crippen LogP contribution in [0, 0.1) is 5.82 Å². The maximum Gasteiger partial charge on any atom is 0.142 e. The summed E-state index contributed by atoms with van der Waals surface area (Å²) in [5.74, 6) is -0.391. The van der Waals surface area contributed by atoms with Crippen molar-refractivity contribution in [1.29, 1.82) is 0 Å². The highest BCUT2D eigenvalue weighted by molar-refractivity contribution is 6.31. The number of hydrogen-bond donors (Lipinski definition) is 1. The first kappa shape index (κ1) is 13.7. The van der Waals surface area contributed by atoms with E-state index < -0.39 is 5.82 Å². The van der Waals surface area contributed by atoms with Crippen molar-refractivity contribution in [2.45, 2.75) is 38.3 Å². The van der Waals surface area contributed by atoms with Crippen molar-refractivity contribution < 1.29 is 9.50 Å². The third kappa shape index (κ3) is 2.60. The number of rotatable bonds is 2. The number of nitrogens with zero attached hydrogens (tertiary/aromatic N) is 1. The van der Waals surface area contributed by atoms with E-state index in [1.165, 1.54) is 11.6 Å². The van der Waals surface area contributed by atoms with Gasteiger partial charge < -0.3 is 9.67 Å². The Bertz CT molecular complexity index is 623. The molecule has 0 amide bonds. The lowest BCUT2D eigenvalue weighted by Gasteiger charge is -2.08. The molecule has 2 nitrogen and oxygen atoms in total. The van der Waals surface area contributed by atoms with Gasteiger partial charge in [-0.25, -0.2) is 4.39 Å². The number of fused-ring (bicyclic) bond motifs is 1. The molecule has 0 saturated heterocycles. The molecule has 1 aliphatic rings. The molecule has 1 unspecified atom stereocenters. The molecule has 1 heterocycles. The Balaban J connectivity index is 1.89. The van der Waals surface area contributed by atoms with Gasteiger partial charge in [0.1, 0.15) is 5.82 Å². The van der Waals surface area contributed by atoms with Crippen LogP contribution in [0.25, 0.3) is 0 Å². The molecule has 1 atom stereocenters. The van der Waals surface area contributed by atoms with Crippen LogP contribution in [-0.2, 0) is 13.0 Å². The van der Waals surface area contributed by atoms with Crippen LogP contribution in [0.15, 0.2) is 30.6 Å². The second kappa shape index (κ2) is 5.58. The summed E-state index contributed by atoms with van der Waals surface area (Å²) in [6.45, 7) is 0.524. The Hall–Kier alpha value is -1.32. The van der Waals surface area contributed by atoms with Gasteiger partial charge in [0.2, 0.25) is 0 Å². The Morgan fingerprint density at radius 3 is 3.00 bits per heavy atom. The van der Waals surface area contributed by atoms with Crippen LogP contribution in [-0.4, -0.2) is 9.67 Å². The van der Waals surface area contributed by atoms with Gasteiger partial charge in [0.15, 0.2) is 0 Å². The zero-order valence-corrected chi connectivity index (χ0v) is 11.9. The molecule has 1 aromatic carbocycles. The van der Waals surface area contributed by atoms with E-state index in [4.69, 9.17) is 11.6 Å². The standard InChI is InChI=1S/C16H17ClFNO/c17-16-12(5-3-6-14(16)18)9-19-8-11-4-1-2-7-15(20)13(11)10-19/h3,5-6,8,10,15,20H,1-2,4,7,9H2. The minimum Gasteiger partial charge on any atom is -0.388 e. The SMILES string of the molecule is OC1CCCCc2cn(Cc3cccc(F)c3Cl)cc21. The molecular weight excluding hydrogens is 277 g/mol. The zero-order valence-electron chi connectivity index (χ0n) is 11.1. The highest BCUT2D eigenvalue weighted by atomic mass is 35.5. The van der Waals surface area contributed by atoms with Gasteiger partial charge in [-0.3, -0.25) is 0 Å².